The van der Waals surface area contributed by atoms with Crippen molar-refractivity contribution >= 4 is 39.8 Å². The van der Waals surface area contributed by atoms with Crippen LogP contribution in [0.2, 0.25) is 0 Å². The van der Waals surface area contributed by atoms with Gasteiger partial charge in [0.15, 0.2) is 15.8 Å². The molecule has 2 unspecified atom stereocenters. The number of rotatable bonds is 4. The smallest absolute Gasteiger partial charge is 0.194 e. The normalized spacial score (nSPS) is 26.5. The Morgan fingerprint density at radius 2 is 2.05 bits per heavy atom. The van der Waals surface area contributed by atoms with Crippen molar-refractivity contribution in [1.29, 1.82) is 0 Å². The first-order chi connectivity index (χ1) is 9.50. The van der Waals surface area contributed by atoms with Crippen LogP contribution in [-0.2, 0) is 9.84 Å². The molecule has 5 nitrogen and oxygen atoms in total. The molecule has 0 amide bonds. The molecule has 0 aliphatic carbocycles. The molecule has 0 bridgehead atoms. The Kier molecular flexibility index (Phi) is 7.73. The van der Waals surface area contributed by atoms with Crippen LogP contribution in [0.25, 0.3) is 0 Å². The molecule has 0 aromatic rings. The summed E-state index contributed by atoms with van der Waals surface area (Å²) in [6, 6.07) is 0.404. The molecule has 1 N–H and O–H groups in total. The predicted octanol–water partition coefficient (Wildman–Crippen LogP) is 1.88. The highest BCUT2D eigenvalue weighted by molar-refractivity contribution is 14.0. The highest BCUT2D eigenvalue weighted by Crippen LogP contribution is 2.19. The van der Waals surface area contributed by atoms with E-state index in [2.05, 4.69) is 24.1 Å². The van der Waals surface area contributed by atoms with Gasteiger partial charge in [-0.1, -0.05) is 6.92 Å². The molecule has 2 aliphatic heterocycles. The summed E-state index contributed by atoms with van der Waals surface area (Å²) in [5, 5.41) is 3.48. The van der Waals surface area contributed by atoms with Gasteiger partial charge in [-0.15, -0.1) is 24.0 Å². The molecule has 124 valence electrons. The first kappa shape index (κ1) is 19.0. The molecular weight excluding hydrogens is 401 g/mol. The van der Waals surface area contributed by atoms with Crippen LogP contribution in [0.15, 0.2) is 4.99 Å². The molecule has 21 heavy (non-hydrogen) atoms. The molecule has 2 aliphatic rings. The molecule has 0 saturated carbocycles. The van der Waals surface area contributed by atoms with Crippen molar-refractivity contribution in [2.45, 2.75) is 45.6 Å². The van der Waals surface area contributed by atoms with E-state index in [1.54, 1.807) is 0 Å². The average Bonchev–Trinajstić information content (AvgIpc) is 3.03. The summed E-state index contributed by atoms with van der Waals surface area (Å²) in [7, 11) is -2.79. The molecule has 2 rings (SSSR count). The zero-order valence-corrected chi connectivity index (χ0v) is 16.2. The van der Waals surface area contributed by atoms with Crippen molar-refractivity contribution in [2.75, 3.05) is 31.1 Å². The highest BCUT2D eigenvalue weighted by atomic mass is 127. The van der Waals surface area contributed by atoms with Crippen LogP contribution < -0.4 is 5.32 Å². The van der Waals surface area contributed by atoms with Gasteiger partial charge in [0, 0.05) is 25.7 Å². The van der Waals surface area contributed by atoms with E-state index in [4.69, 9.17) is 4.99 Å². The molecular formula is C14H28IN3O2S. The number of hydrogen-bond donors (Lipinski definition) is 1. The minimum atomic E-state index is -2.79. The van der Waals surface area contributed by atoms with Crippen molar-refractivity contribution < 1.29 is 8.42 Å². The van der Waals surface area contributed by atoms with Gasteiger partial charge in [-0.2, -0.15) is 0 Å². The van der Waals surface area contributed by atoms with E-state index in [0.29, 0.717) is 24.1 Å². The Morgan fingerprint density at radius 3 is 2.57 bits per heavy atom. The Labute approximate surface area is 145 Å². The zero-order chi connectivity index (χ0) is 14.6. The van der Waals surface area contributed by atoms with E-state index in [-0.39, 0.29) is 29.9 Å². The third kappa shape index (κ3) is 5.92. The van der Waals surface area contributed by atoms with Crippen molar-refractivity contribution in [3.05, 3.63) is 0 Å². The van der Waals surface area contributed by atoms with Crippen LogP contribution in [0.3, 0.4) is 0 Å². The fourth-order valence-electron chi connectivity index (χ4n) is 2.72. The molecule has 0 aromatic heterocycles. The second-order valence-corrected chi connectivity index (χ2v) is 8.31. The van der Waals surface area contributed by atoms with E-state index in [1.807, 2.05) is 0 Å². The number of sulfone groups is 1. The van der Waals surface area contributed by atoms with E-state index in [1.165, 1.54) is 12.8 Å². The maximum Gasteiger partial charge on any atom is 0.194 e. The molecule has 0 radical (unpaired) electrons. The number of hydrogen-bond acceptors (Lipinski definition) is 3. The molecule has 2 heterocycles. The van der Waals surface area contributed by atoms with E-state index >= 15 is 0 Å². The first-order valence-corrected chi connectivity index (χ1v) is 9.58. The van der Waals surface area contributed by atoms with Gasteiger partial charge in [-0.3, -0.25) is 4.99 Å². The standard InChI is InChI=1S/C14H27N3O2S.HI/c1-3-12(2)16-14(17-7-4-5-8-17)15-10-13-6-9-20(18,19)11-13;/h12-13H,3-11H2,1-2H3,(H,15,16);1H. The van der Waals surface area contributed by atoms with Gasteiger partial charge in [0.1, 0.15) is 0 Å². The lowest BCUT2D eigenvalue weighted by Gasteiger charge is -2.24. The molecule has 7 heteroatoms. The number of halogens is 1. The van der Waals surface area contributed by atoms with Gasteiger partial charge in [0.25, 0.3) is 0 Å². The summed E-state index contributed by atoms with van der Waals surface area (Å²) in [5.41, 5.74) is 0. The third-order valence-corrected chi connectivity index (χ3v) is 6.06. The minimum Gasteiger partial charge on any atom is -0.354 e. The number of nitrogens with one attached hydrogen (secondary N) is 1. The van der Waals surface area contributed by atoms with Crippen molar-refractivity contribution in [3.8, 4) is 0 Å². The number of nitrogens with zero attached hydrogens (tertiary/aromatic N) is 2. The van der Waals surface area contributed by atoms with Gasteiger partial charge in [0.05, 0.1) is 11.5 Å². The monoisotopic (exact) mass is 429 g/mol. The zero-order valence-electron chi connectivity index (χ0n) is 13.0. The van der Waals surface area contributed by atoms with Crippen molar-refractivity contribution in [2.24, 2.45) is 10.9 Å². The van der Waals surface area contributed by atoms with Gasteiger partial charge in [0.2, 0.25) is 0 Å². The van der Waals surface area contributed by atoms with Crippen LogP contribution in [0.4, 0.5) is 0 Å². The average molecular weight is 429 g/mol. The van der Waals surface area contributed by atoms with E-state index < -0.39 is 9.84 Å². The van der Waals surface area contributed by atoms with Crippen LogP contribution in [0.1, 0.15) is 39.5 Å². The number of guanidine groups is 1. The number of likely N-dealkylation sites (tertiary alicyclic amines) is 1. The van der Waals surface area contributed by atoms with Gasteiger partial charge < -0.3 is 10.2 Å². The maximum atomic E-state index is 11.5. The molecule has 2 saturated heterocycles. The summed E-state index contributed by atoms with van der Waals surface area (Å²) in [6.45, 7) is 7.07. The van der Waals surface area contributed by atoms with Crippen LogP contribution in [-0.4, -0.2) is 56.5 Å². The lowest BCUT2D eigenvalue weighted by Crippen LogP contribution is -2.44. The second kappa shape index (κ2) is 8.55. The highest BCUT2D eigenvalue weighted by Gasteiger charge is 2.28. The Balaban J connectivity index is 0.00000220. The van der Waals surface area contributed by atoms with Crippen molar-refractivity contribution in [3.63, 3.8) is 0 Å². The fourth-order valence-corrected chi connectivity index (χ4v) is 4.57. The second-order valence-electron chi connectivity index (χ2n) is 6.08. The summed E-state index contributed by atoms with van der Waals surface area (Å²) in [6.07, 6.45) is 4.27. The first-order valence-electron chi connectivity index (χ1n) is 7.76. The minimum absolute atomic E-state index is 0. The van der Waals surface area contributed by atoms with Gasteiger partial charge >= 0.3 is 0 Å². The lowest BCUT2D eigenvalue weighted by atomic mass is 10.1. The van der Waals surface area contributed by atoms with Gasteiger partial charge in [-0.05, 0) is 38.5 Å². The maximum absolute atomic E-state index is 11.5. The third-order valence-electron chi connectivity index (χ3n) is 4.22. The quantitative estimate of drug-likeness (QED) is 0.421. The van der Waals surface area contributed by atoms with Crippen molar-refractivity contribution in [1.82, 2.24) is 10.2 Å². The summed E-state index contributed by atoms with van der Waals surface area (Å²) < 4.78 is 23.0. The van der Waals surface area contributed by atoms with E-state index in [0.717, 1.165) is 31.9 Å². The summed E-state index contributed by atoms with van der Waals surface area (Å²) in [5.74, 6) is 1.83. The van der Waals surface area contributed by atoms with Gasteiger partial charge in [-0.25, -0.2) is 8.42 Å². The fraction of sp³-hybridized carbons (Fsp3) is 0.929. The Bertz CT molecular complexity index is 447. The number of aliphatic imine (C=N–C) groups is 1. The largest absolute Gasteiger partial charge is 0.354 e. The van der Waals surface area contributed by atoms with Crippen LogP contribution >= 0.6 is 24.0 Å². The van der Waals surface area contributed by atoms with Crippen LogP contribution in [0, 0.1) is 5.92 Å². The lowest BCUT2D eigenvalue weighted by molar-refractivity contribution is 0.468. The molecule has 0 aromatic carbocycles. The Hall–Kier alpha value is -0.0500. The topological polar surface area (TPSA) is 61.8 Å². The summed E-state index contributed by atoms with van der Waals surface area (Å²) >= 11 is 0. The molecule has 2 fully saturated rings. The predicted molar refractivity (Wildman–Crippen MR) is 98.2 cm³/mol. The Morgan fingerprint density at radius 1 is 1.38 bits per heavy atom. The van der Waals surface area contributed by atoms with Crippen LogP contribution in [0.5, 0.6) is 0 Å². The SMILES string of the molecule is CCC(C)NC(=NCC1CCS(=O)(=O)C1)N1CCCC1.I. The molecule has 2 atom stereocenters. The van der Waals surface area contributed by atoms with E-state index in [9.17, 15) is 8.42 Å². The summed E-state index contributed by atoms with van der Waals surface area (Å²) in [4.78, 5) is 7.01. The molecule has 0 spiro atoms.